The van der Waals surface area contributed by atoms with Crippen molar-refractivity contribution >= 4 is 12.1 Å². The molecule has 1 aromatic rings. The number of likely N-dealkylation sites (tertiary alicyclic amines) is 1. The molecule has 1 aliphatic rings. The third-order valence-corrected chi connectivity index (χ3v) is 4.45. The van der Waals surface area contributed by atoms with E-state index in [1.165, 1.54) is 0 Å². The van der Waals surface area contributed by atoms with Crippen molar-refractivity contribution in [2.75, 3.05) is 39.8 Å². The fraction of sp³-hybridized carbons (Fsp3) is 0.619. The maximum Gasteiger partial charge on any atom is 0.410 e. The average Bonchev–Trinajstić information content (AvgIpc) is 2.67. The standard InChI is InChI=1S/C21H34N4O3/c1-21(2,3)28-20(26)25-13-10-17(11-14-25)16-24-19(22-4)23-12-15-27-18-8-6-5-7-9-18/h5-9,17H,10-16H2,1-4H3,(H2,22,23,24). The summed E-state index contributed by atoms with van der Waals surface area (Å²) in [5, 5.41) is 6.63. The third kappa shape index (κ3) is 8.06. The van der Waals surface area contributed by atoms with Gasteiger partial charge in [-0.05, 0) is 51.7 Å². The molecule has 2 N–H and O–H groups in total. The van der Waals surface area contributed by atoms with E-state index in [9.17, 15) is 4.79 Å². The first-order valence-electron chi connectivity index (χ1n) is 9.97. The summed E-state index contributed by atoms with van der Waals surface area (Å²) < 4.78 is 11.1. The molecule has 0 unspecified atom stereocenters. The average molecular weight is 391 g/mol. The number of guanidine groups is 1. The van der Waals surface area contributed by atoms with Crippen LogP contribution in [0, 0.1) is 5.92 Å². The molecule has 0 saturated carbocycles. The van der Waals surface area contributed by atoms with E-state index < -0.39 is 5.60 Å². The Morgan fingerprint density at radius 2 is 1.86 bits per heavy atom. The van der Waals surface area contributed by atoms with Gasteiger partial charge in [0.25, 0.3) is 0 Å². The predicted octanol–water partition coefficient (Wildman–Crippen LogP) is 2.88. The maximum absolute atomic E-state index is 12.1. The number of benzene rings is 1. The summed E-state index contributed by atoms with van der Waals surface area (Å²) >= 11 is 0. The van der Waals surface area contributed by atoms with E-state index in [0.717, 1.165) is 44.2 Å². The summed E-state index contributed by atoms with van der Waals surface area (Å²) in [6.07, 6.45) is 1.70. The zero-order valence-corrected chi connectivity index (χ0v) is 17.5. The highest BCUT2D eigenvalue weighted by Gasteiger charge is 2.26. The Morgan fingerprint density at radius 1 is 1.18 bits per heavy atom. The van der Waals surface area contributed by atoms with Crippen LogP contribution in [0.15, 0.2) is 35.3 Å². The first kappa shape index (κ1) is 21.9. The number of rotatable bonds is 6. The first-order valence-corrected chi connectivity index (χ1v) is 9.97. The summed E-state index contributed by atoms with van der Waals surface area (Å²) in [5.74, 6) is 2.15. The quantitative estimate of drug-likeness (QED) is 0.444. The summed E-state index contributed by atoms with van der Waals surface area (Å²) in [4.78, 5) is 18.2. The van der Waals surface area contributed by atoms with E-state index in [-0.39, 0.29) is 6.09 Å². The molecule has 0 atom stereocenters. The second-order valence-electron chi connectivity index (χ2n) is 7.95. The lowest BCUT2D eigenvalue weighted by Gasteiger charge is -2.33. The van der Waals surface area contributed by atoms with Crippen molar-refractivity contribution in [3.63, 3.8) is 0 Å². The van der Waals surface area contributed by atoms with Crippen molar-refractivity contribution in [1.29, 1.82) is 0 Å². The van der Waals surface area contributed by atoms with Gasteiger partial charge in [-0.25, -0.2) is 4.79 Å². The van der Waals surface area contributed by atoms with Crippen LogP contribution in [0.1, 0.15) is 33.6 Å². The van der Waals surface area contributed by atoms with Crippen LogP contribution in [0.25, 0.3) is 0 Å². The minimum absolute atomic E-state index is 0.213. The van der Waals surface area contributed by atoms with Crippen LogP contribution in [-0.4, -0.2) is 62.4 Å². The fourth-order valence-electron chi connectivity index (χ4n) is 2.96. The van der Waals surface area contributed by atoms with Crippen molar-refractivity contribution in [3.05, 3.63) is 30.3 Å². The van der Waals surface area contributed by atoms with Crippen molar-refractivity contribution in [1.82, 2.24) is 15.5 Å². The van der Waals surface area contributed by atoms with Crippen LogP contribution in [0.3, 0.4) is 0 Å². The predicted molar refractivity (Wildman–Crippen MR) is 112 cm³/mol. The number of nitrogens with zero attached hydrogens (tertiary/aromatic N) is 2. The number of para-hydroxylation sites is 1. The summed E-state index contributed by atoms with van der Waals surface area (Å²) in [5.41, 5.74) is -0.447. The van der Waals surface area contributed by atoms with Gasteiger partial charge in [-0.1, -0.05) is 18.2 Å². The molecule has 7 heteroatoms. The Kier molecular flexibility index (Phi) is 8.42. The van der Waals surface area contributed by atoms with Crippen LogP contribution >= 0.6 is 0 Å². The van der Waals surface area contributed by atoms with E-state index in [1.54, 1.807) is 11.9 Å². The molecule has 7 nitrogen and oxygen atoms in total. The van der Waals surface area contributed by atoms with Crippen molar-refractivity contribution in [2.24, 2.45) is 10.9 Å². The molecule has 0 spiro atoms. The molecular weight excluding hydrogens is 356 g/mol. The lowest BCUT2D eigenvalue weighted by atomic mass is 9.97. The number of aliphatic imine (C=N–C) groups is 1. The molecule has 1 saturated heterocycles. The molecule has 1 aromatic carbocycles. The van der Waals surface area contributed by atoms with Crippen LogP contribution in [-0.2, 0) is 4.74 Å². The van der Waals surface area contributed by atoms with E-state index >= 15 is 0 Å². The van der Waals surface area contributed by atoms with E-state index in [4.69, 9.17) is 9.47 Å². The zero-order valence-electron chi connectivity index (χ0n) is 17.5. The van der Waals surface area contributed by atoms with Gasteiger partial charge >= 0.3 is 6.09 Å². The second kappa shape index (κ2) is 10.8. The molecule has 28 heavy (non-hydrogen) atoms. The topological polar surface area (TPSA) is 75.2 Å². The molecule has 1 amide bonds. The minimum atomic E-state index is -0.447. The van der Waals surface area contributed by atoms with Gasteiger partial charge in [0.2, 0.25) is 0 Å². The number of carbonyl (C=O) groups excluding carboxylic acids is 1. The summed E-state index contributed by atoms with van der Waals surface area (Å²) in [6.45, 7) is 9.23. The van der Waals surface area contributed by atoms with E-state index in [1.807, 2.05) is 51.1 Å². The van der Waals surface area contributed by atoms with Gasteiger partial charge in [0.05, 0.1) is 6.54 Å². The van der Waals surface area contributed by atoms with E-state index in [0.29, 0.717) is 19.1 Å². The lowest BCUT2D eigenvalue weighted by molar-refractivity contribution is 0.0185. The molecule has 1 fully saturated rings. The Morgan fingerprint density at radius 3 is 2.46 bits per heavy atom. The smallest absolute Gasteiger partial charge is 0.410 e. The third-order valence-electron chi connectivity index (χ3n) is 4.45. The molecule has 0 bridgehead atoms. The molecule has 0 aliphatic carbocycles. The molecule has 2 rings (SSSR count). The minimum Gasteiger partial charge on any atom is -0.492 e. The number of ether oxygens (including phenoxy) is 2. The molecular formula is C21H34N4O3. The summed E-state index contributed by atoms with van der Waals surface area (Å²) in [7, 11) is 1.76. The zero-order chi connectivity index (χ0) is 20.4. The van der Waals surface area contributed by atoms with Crippen molar-refractivity contribution in [3.8, 4) is 5.75 Å². The van der Waals surface area contributed by atoms with Crippen molar-refractivity contribution in [2.45, 2.75) is 39.2 Å². The number of amides is 1. The number of carbonyl (C=O) groups is 1. The maximum atomic E-state index is 12.1. The highest BCUT2D eigenvalue weighted by Crippen LogP contribution is 2.19. The molecule has 0 aromatic heterocycles. The lowest BCUT2D eigenvalue weighted by Crippen LogP contribution is -2.45. The van der Waals surface area contributed by atoms with Gasteiger partial charge in [0.1, 0.15) is 18.0 Å². The molecule has 156 valence electrons. The van der Waals surface area contributed by atoms with Gasteiger partial charge in [0, 0.05) is 26.7 Å². The number of hydrogen-bond donors (Lipinski definition) is 2. The van der Waals surface area contributed by atoms with Crippen molar-refractivity contribution < 1.29 is 14.3 Å². The molecule has 1 heterocycles. The Bertz CT molecular complexity index is 620. The Balaban J connectivity index is 1.61. The Labute approximate surface area is 168 Å². The fourth-order valence-corrected chi connectivity index (χ4v) is 2.96. The van der Waals surface area contributed by atoms with Gasteiger partial charge in [0.15, 0.2) is 5.96 Å². The second-order valence-corrected chi connectivity index (χ2v) is 7.95. The Hall–Kier alpha value is -2.44. The monoisotopic (exact) mass is 390 g/mol. The van der Waals surface area contributed by atoms with Gasteiger partial charge < -0.3 is 25.0 Å². The highest BCUT2D eigenvalue weighted by molar-refractivity contribution is 5.79. The van der Waals surface area contributed by atoms with Gasteiger partial charge in [-0.15, -0.1) is 0 Å². The molecule has 1 aliphatic heterocycles. The van der Waals surface area contributed by atoms with E-state index in [2.05, 4.69) is 15.6 Å². The number of nitrogens with one attached hydrogen (secondary N) is 2. The summed E-state index contributed by atoms with van der Waals surface area (Å²) in [6, 6.07) is 9.76. The van der Waals surface area contributed by atoms with Crippen LogP contribution in [0.4, 0.5) is 4.79 Å². The van der Waals surface area contributed by atoms with Crippen LogP contribution in [0.2, 0.25) is 0 Å². The van der Waals surface area contributed by atoms with Gasteiger partial charge in [-0.2, -0.15) is 0 Å². The highest BCUT2D eigenvalue weighted by atomic mass is 16.6. The SMILES string of the molecule is CN=C(NCCOc1ccccc1)NCC1CCN(C(=O)OC(C)(C)C)CC1. The number of hydrogen-bond acceptors (Lipinski definition) is 4. The first-order chi connectivity index (χ1) is 13.4. The van der Waals surface area contributed by atoms with Crippen LogP contribution < -0.4 is 15.4 Å². The van der Waals surface area contributed by atoms with Crippen LogP contribution in [0.5, 0.6) is 5.75 Å². The normalized spacial score (nSPS) is 15.9. The largest absolute Gasteiger partial charge is 0.492 e. The van der Waals surface area contributed by atoms with Gasteiger partial charge in [-0.3, -0.25) is 4.99 Å². The molecule has 0 radical (unpaired) electrons. The number of piperidine rings is 1.